The van der Waals surface area contributed by atoms with Gasteiger partial charge in [-0.3, -0.25) is 0 Å². The van der Waals surface area contributed by atoms with E-state index in [4.69, 9.17) is 9.47 Å². The fraction of sp³-hybridized carbons (Fsp3) is 1.00. The second-order valence-corrected chi connectivity index (χ2v) is 3.97. The summed E-state index contributed by atoms with van der Waals surface area (Å²) in [5.41, 5.74) is -0.812. The van der Waals surface area contributed by atoms with Crippen molar-refractivity contribution < 1.29 is 14.6 Å². The molecule has 1 fully saturated rings. The summed E-state index contributed by atoms with van der Waals surface area (Å²) < 4.78 is 10.7. The van der Waals surface area contributed by atoms with Crippen molar-refractivity contribution in [3.05, 3.63) is 0 Å². The summed E-state index contributed by atoms with van der Waals surface area (Å²) in [6, 6.07) is 0. The first-order valence-electron chi connectivity index (χ1n) is 3.85. The average molecular weight is 160 g/mol. The van der Waals surface area contributed by atoms with Crippen LogP contribution in [-0.4, -0.2) is 29.2 Å². The Hall–Kier alpha value is -0.120. The maximum absolute atomic E-state index is 9.54. The lowest BCUT2D eigenvalue weighted by Crippen LogP contribution is -2.38. The molecule has 0 amide bonds. The standard InChI is InChI=1S/C8H16O3/c1-7(2,9)6-5-10-8(3,4)11-6/h6,9H,5H2,1-4H3/t6-/m0/s1. The lowest BCUT2D eigenvalue weighted by Gasteiger charge is -2.25. The predicted octanol–water partition coefficient (Wildman–Crippen LogP) is 0.909. The summed E-state index contributed by atoms with van der Waals surface area (Å²) in [6.07, 6.45) is -0.211. The van der Waals surface area contributed by atoms with Crippen molar-refractivity contribution in [2.24, 2.45) is 0 Å². The Morgan fingerprint density at radius 2 is 2.00 bits per heavy atom. The van der Waals surface area contributed by atoms with Gasteiger partial charge in [0, 0.05) is 0 Å². The number of rotatable bonds is 1. The molecule has 1 rings (SSSR count). The van der Waals surface area contributed by atoms with E-state index < -0.39 is 11.4 Å². The summed E-state index contributed by atoms with van der Waals surface area (Å²) in [7, 11) is 0. The molecule has 0 aromatic carbocycles. The minimum Gasteiger partial charge on any atom is -0.388 e. The topological polar surface area (TPSA) is 38.7 Å². The van der Waals surface area contributed by atoms with Gasteiger partial charge in [0.15, 0.2) is 5.79 Å². The van der Waals surface area contributed by atoms with E-state index in [0.717, 1.165) is 0 Å². The minimum absolute atomic E-state index is 0.211. The summed E-state index contributed by atoms with van der Waals surface area (Å²) in [5, 5.41) is 9.54. The molecule has 0 aromatic heterocycles. The van der Waals surface area contributed by atoms with Crippen LogP contribution in [0.25, 0.3) is 0 Å². The van der Waals surface area contributed by atoms with Crippen molar-refractivity contribution in [1.29, 1.82) is 0 Å². The van der Waals surface area contributed by atoms with Crippen LogP contribution in [0, 0.1) is 0 Å². The van der Waals surface area contributed by atoms with Gasteiger partial charge in [0.1, 0.15) is 6.10 Å². The lowest BCUT2D eigenvalue weighted by molar-refractivity contribution is -0.163. The zero-order chi connectivity index (χ0) is 8.70. The summed E-state index contributed by atoms with van der Waals surface area (Å²) in [4.78, 5) is 0. The molecule has 1 aliphatic heterocycles. The maximum atomic E-state index is 9.54. The molecule has 0 spiro atoms. The van der Waals surface area contributed by atoms with Crippen LogP contribution in [0.15, 0.2) is 0 Å². The lowest BCUT2D eigenvalue weighted by atomic mass is 10.0. The Morgan fingerprint density at radius 1 is 1.45 bits per heavy atom. The molecule has 1 atom stereocenters. The normalized spacial score (nSPS) is 30.8. The quantitative estimate of drug-likeness (QED) is 0.619. The van der Waals surface area contributed by atoms with Gasteiger partial charge in [-0.2, -0.15) is 0 Å². The molecule has 1 saturated heterocycles. The maximum Gasteiger partial charge on any atom is 0.163 e. The number of hydrogen-bond donors (Lipinski definition) is 1. The molecule has 1 heterocycles. The first kappa shape index (κ1) is 8.97. The third kappa shape index (κ3) is 2.15. The molecular weight excluding hydrogens is 144 g/mol. The Kier molecular flexibility index (Phi) is 1.99. The van der Waals surface area contributed by atoms with Crippen molar-refractivity contribution in [2.45, 2.75) is 45.2 Å². The highest BCUT2D eigenvalue weighted by Gasteiger charge is 2.40. The average Bonchev–Trinajstić information content (AvgIpc) is 2.07. The van der Waals surface area contributed by atoms with Crippen molar-refractivity contribution >= 4 is 0 Å². The highest BCUT2D eigenvalue weighted by atomic mass is 16.7. The van der Waals surface area contributed by atoms with Crippen LogP contribution >= 0.6 is 0 Å². The Balaban J connectivity index is 2.55. The van der Waals surface area contributed by atoms with Gasteiger partial charge < -0.3 is 14.6 Å². The summed E-state index contributed by atoms with van der Waals surface area (Å²) >= 11 is 0. The zero-order valence-corrected chi connectivity index (χ0v) is 7.55. The zero-order valence-electron chi connectivity index (χ0n) is 7.55. The Bertz CT molecular complexity index is 146. The molecule has 0 aliphatic carbocycles. The SMILES string of the molecule is CC1(C)OC[C@@H](C(C)(C)O)O1. The van der Waals surface area contributed by atoms with Gasteiger partial charge in [-0.1, -0.05) is 0 Å². The van der Waals surface area contributed by atoms with E-state index in [9.17, 15) is 5.11 Å². The summed E-state index contributed by atoms with van der Waals surface area (Å²) in [6.45, 7) is 7.61. The predicted molar refractivity (Wildman–Crippen MR) is 41.2 cm³/mol. The van der Waals surface area contributed by atoms with Gasteiger partial charge in [-0.05, 0) is 27.7 Å². The molecule has 0 bridgehead atoms. The summed E-state index contributed by atoms with van der Waals surface area (Å²) in [5.74, 6) is -0.537. The van der Waals surface area contributed by atoms with Gasteiger partial charge in [0.05, 0.1) is 12.2 Å². The van der Waals surface area contributed by atoms with Crippen molar-refractivity contribution in [3.8, 4) is 0 Å². The molecule has 1 N–H and O–H groups in total. The highest BCUT2D eigenvalue weighted by molar-refractivity contribution is 4.83. The molecule has 3 heteroatoms. The number of ether oxygens (including phenoxy) is 2. The van der Waals surface area contributed by atoms with Gasteiger partial charge >= 0.3 is 0 Å². The van der Waals surface area contributed by atoms with E-state index >= 15 is 0 Å². The first-order valence-corrected chi connectivity index (χ1v) is 3.85. The smallest absolute Gasteiger partial charge is 0.163 e. The van der Waals surface area contributed by atoms with E-state index in [2.05, 4.69) is 0 Å². The molecule has 3 nitrogen and oxygen atoms in total. The highest BCUT2D eigenvalue weighted by Crippen LogP contribution is 2.28. The third-order valence-corrected chi connectivity index (χ3v) is 1.80. The third-order valence-electron chi connectivity index (χ3n) is 1.80. The van der Waals surface area contributed by atoms with Gasteiger partial charge in [-0.25, -0.2) is 0 Å². The van der Waals surface area contributed by atoms with Crippen LogP contribution in [0.5, 0.6) is 0 Å². The number of aliphatic hydroxyl groups is 1. The fourth-order valence-corrected chi connectivity index (χ4v) is 1.04. The van der Waals surface area contributed by atoms with Gasteiger partial charge in [0.2, 0.25) is 0 Å². The van der Waals surface area contributed by atoms with Crippen molar-refractivity contribution in [1.82, 2.24) is 0 Å². The fourth-order valence-electron chi connectivity index (χ4n) is 1.04. The largest absolute Gasteiger partial charge is 0.388 e. The molecule has 11 heavy (non-hydrogen) atoms. The minimum atomic E-state index is -0.812. The van der Waals surface area contributed by atoms with Crippen LogP contribution in [0.3, 0.4) is 0 Å². The molecule has 0 saturated carbocycles. The van der Waals surface area contributed by atoms with E-state index in [1.807, 2.05) is 13.8 Å². The van der Waals surface area contributed by atoms with Crippen LogP contribution in [0.1, 0.15) is 27.7 Å². The molecule has 0 aromatic rings. The van der Waals surface area contributed by atoms with Crippen LogP contribution < -0.4 is 0 Å². The van der Waals surface area contributed by atoms with Gasteiger partial charge in [0.25, 0.3) is 0 Å². The second-order valence-electron chi connectivity index (χ2n) is 3.97. The van der Waals surface area contributed by atoms with Crippen molar-refractivity contribution in [3.63, 3.8) is 0 Å². The molecule has 0 unspecified atom stereocenters. The molecule has 66 valence electrons. The van der Waals surface area contributed by atoms with Crippen LogP contribution in [0.4, 0.5) is 0 Å². The number of hydrogen-bond acceptors (Lipinski definition) is 3. The first-order chi connectivity index (χ1) is 4.81. The van der Waals surface area contributed by atoms with Crippen LogP contribution in [-0.2, 0) is 9.47 Å². The van der Waals surface area contributed by atoms with E-state index in [1.165, 1.54) is 0 Å². The van der Waals surface area contributed by atoms with Crippen LogP contribution in [0.2, 0.25) is 0 Å². The Labute approximate surface area is 67.3 Å². The van der Waals surface area contributed by atoms with Crippen molar-refractivity contribution in [2.75, 3.05) is 6.61 Å². The Morgan fingerprint density at radius 3 is 2.18 bits per heavy atom. The van der Waals surface area contributed by atoms with E-state index in [-0.39, 0.29) is 6.10 Å². The molecular formula is C8H16O3. The second kappa shape index (κ2) is 2.44. The van der Waals surface area contributed by atoms with E-state index in [1.54, 1.807) is 13.8 Å². The molecule has 0 radical (unpaired) electrons. The van der Waals surface area contributed by atoms with E-state index in [0.29, 0.717) is 6.61 Å². The monoisotopic (exact) mass is 160 g/mol. The van der Waals surface area contributed by atoms with Gasteiger partial charge in [-0.15, -0.1) is 0 Å². The molecule has 1 aliphatic rings.